The van der Waals surface area contributed by atoms with E-state index in [0.717, 1.165) is 11.1 Å². The summed E-state index contributed by atoms with van der Waals surface area (Å²) in [7, 11) is 0. The predicted octanol–water partition coefficient (Wildman–Crippen LogP) is 3.63. The molecule has 0 aliphatic rings. The van der Waals surface area contributed by atoms with E-state index in [1.807, 2.05) is 31.2 Å². The van der Waals surface area contributed by atoms with Gasteiger partial charge >= 0.3 is 6.18 Å². The molecule has 0 aliphatic carbocycles. The lowest BCUT2D eigenvalue weighted by molar-refractivity contribution is -0.140. The van der Waals surface area contributed by atoms with Gasteiger partial charge in [0.05, 0.1) is 6.10 Å². The van der Waals surface area contributed by atoms with E-state index < -0.39 is 18.7 Å². The lowest BCUT2D eigenvalue weighted by atomic mass is 10.0. The van der Waals surface area contributed by atoms with E-state index in [2.05, 4.69) is 0 Å². The Balaban J connectivity index is 2.31. The van der Waals surface area contributed by atoms with Gasteiger partial charge in [0.25, 0.3) is 0 Å². The number of halogens is 3. The van der Waals surface area contributed by atoms with Crippen molar-refractivity contribution < 1.29 is 18.3 Å². The Hall–Kier alpha value is -1.03. The minimum absolute atomic E-state index is 0.213. The minimum Gasteiger partial charge on any atom is -0.393 e. The van der Waals surface area contributed by atoms with Gasteiger partial charge in [-0.3, -0.25) is 0 Å². The summed E-state index contributed by atoms with van der Waals surface area (Å²) < 4.78 is 35.8. The van der Waals surface area contributed by atoms with Crippen molar-refractivity contribution in [2.45, 2.75) is 44.9 Å². The Kier molecular flexibility index (Phi) is 5.00. The standard InChI is InChI=1S/C13H17F3O/c1-10-3-2-4-11(9-10)5-6-12(17)7-8-13(14,15)16/h2-4,9,12,17H,5-8H2,1H3. The summed E-state index contributed by atoms with van der Waals surface area (Å²) in [6.07, 6.45) is -5.20. The highest BCUT2D eigenvalue weighted by Crippen LogP contribution is 2.23. The number of alkyl halides is 3. The van der Waals surface area contributed by atoms with E-state index in [1.54, 1.807) is 0 Å². The monoisotopic (exact) mass is 246 g/mol. The molecule has 17 heavy (non-hydrogen) atoms. The van der Waals surface area contributed by atoms with E-state index in [-0.39, 0.29) is 6.42 Å². The Bertz CT molecular complexity index is 347. The topological polar surface area (TPSA) is 20.2 Å². The fourth-order valence-electron chi connectivity index (χ4n) is 1.68. The maximum atomic E-state index is 11.9. The summed E-state index contributed by atoms with van der Waals surface area (Å²) in [5, 5.41) is 9.44. The average Bonchev–Trinajstić information content (AvgIpc) is 2.23. The molecule has 1 unspecified atom stereocenters. The first-order valence-electron chi connectivity index (χ1n) is 5.67. The van der Waals surface area contributed by atoms with Crippen molar-refractivity contribution in [2.75, 3.05) is 0 Å². The van der Waals surface area contributed by atoms with Gasteiger partial charge in [-0.2, -0.15) is 13.2 Å². The molecule has 1 atom stereocenters. The Morgan fingerprint density at radius 2 is 1.94 bits per heavy atom. The molecule has 0 amide bonds. The third-order valence-electron chi connectivity index (χ3n) is 2.61. The summed E-state index contributed by atoms with van der Waals surface area (Å²) in [6, 6.07) is 7.77. The molecule has 0 saturated carbocycles. The van der Waals surface area contributed by atoms with Gasteiger partial charge in [0.1, 0.15) is 0 Å². The molecule has 0 aromatic heterocycles. The van der Waals surface area contributed by atoms with Gasteiger partial charge in [-0.1, -0.05) is 29.8 Å². The molecule has 1 aromatic rings. The van der Waals surface area contributed by atoms with Gasteiger partial charge in [0.15, 0.2) is 0 Å². The van der Waals surface area contributed by atoms with Crippen molar-refractivity contribution in [1.29, 1.82) is 0 Å². The van der Waals surface area contributed by atoms with Gasteiger partial charge in [-0.15, -0.1) is 0 Å². The smallest absolute Gasteiger partial charge is 0.389 e. The second kappa shape index (κ2) is 6.05. The van der Waals surface area contributed by atoms with Crippen LogP contribution < -0.4 is 0 Å². The van der Waals surface area contributed by atoms with Crippen molar-refractivity contribution in [3.63, 3.8) is 0 Å². The van der Waals surface area contributed by atoms with Crippen molar-refractivity contribution in [1.82, 2.24) is 0 Å². The quantitative estimate of drug-likeness (QED) is 0.841. The van der Waals surface area contributed by atoms with Crippen LogP contribution >= 0.6 is 0 Å². The number of benzene rings is 1. The van der Waals surface area contributed by atoms with Gasteiger partial charge in [0, 0.05) is 6.42 Å². The molecule has 4 heteroatoms. The number of aryl methyl sites for hydroxylation is 2. The SMILES string of the molecule is Cc1cccc(CCC(O)CCC(F)(F)F)c1. The van der Waals surface area contributed by atoms with Crippen LogP contribution in [-0.2, 0) is 6.42 Å². The molecule has 0 saturated heterocycles. The molecular weight excluding hydrogens is 229 g/mol. The molecule has 1 rings (SSSR count). The molecule has 1 N–H and O–H groups in total. The predicted molar refractivity (Wildman–Crippen MR) is 60.8 cm³/mol. The summed E-state index contributed by atoms with van der Waals surface area (Å²) in [4.78, 5) is 0. The molecular formula is C13H17F3O. The summed E-state index contributed by atoms with van der Waals surface area (Å²) in [5.41, 5.74) is 2.17. The Morgan fingerprint density at radius 1 is 1.24 bits per heavy atom. The minimum atomic E-state index is -4.18. The average molecular weight is 246 g/mol. The van der Waals surface area contributed by atoms with Crippen LogP contribution in [0.4, 0.5) is 13.2 Å². The highest BCUT2D eigenvalue weighted by atomic mass is 19.4. The van der Waals surface area contributed by atoms with Gasteiger partial charge < -0.3 is 5.11 Å². The first-order valence-corrected chi connectivity index (χ1v) is 5.67. The largest absolute Gasteiger partial charge is 0.393 e. The molecule has 96 valence electrons. The third-order valence-corrected chi connectivity index (χ3v) is 2.61. The van der Waals surface area contributed by atoms with Crippen LogP contribution in [0.2, 0.25) is 0 Å². The zero-order valence-corrected chi connectivity index (χ0v) is 9.80. The normalized spacial score (nSPS) is 13.7. The van der Waals surface area contributed by atoms with Crippen LogP contribution in [0.1, 0.15) is 30.4 Å². The van der Waals surface area contributed by atoms with E-state index in [1.165, 1.54) is 0 Å². The highest BCUT2D eigenvalue weighted by molar-refractivity contribution is 5.22. The first-order chi connectivity index (χ1) is 7.87. The first kappa shape index (κ1) is 14.0. The molecule has 0 radical (unpaired) electrons. The summed E-state index contributed by atoms with van der Waals surface area (Å²) >= 11 is 0. The van der Waals surface area contributed by atoms with E-state index >= 15 is 0 Å². The lowest BCUT2D eigenvalue weighted by Gasteiger charge is -2.12. The molecule has 0 heterocycles. The van der Waals surface area contributed by atoms with Crippen LogP contribution in [0.15, 0.2) is 24.3 Å². The number of hydrogen-bond donors (Lipinski definition) is 1. The lowest BCUT2D eigenvalue weighted by Crippen LogP contribution is -2.14. The number of aliphatic hydroxyl groups excluding tert-OH is 1. The number of hydrogen-bond acceptors (Lipinski definition) is 1. The van der Waals surface area contributed by atoms with Crippen LogP contribution in [0.3, 0.4) is 0 Å². The number of aliphatic hydroxyl groups is 1. The van der Waals surface area contributed by atoms with E-state index in [0.29, 0.717) is 12.8 Å². The third kappa shape index (κ3) is 6.31. The second-order valence-corrected chi connectivity index (χ2v) is 4.34. The molecule has 0 bridgehead atoms. The molecule has 0 aliphatic heterocycles. The van der Waals surface area contributed by atoms with Crippen LogP contribution in [0.25, 0.3) is 0 Å². The van der Waals surface area contributed by atoms with Crippen molar-refractivity contribution in [3.8, 4) is 0 Å². The maximum absolute atomic E-state index is 11.9. The Labute approximate surface area is 99.3 Å². The zero-order valence-electron chi connectivity index (χ0n) is 9.80. The van der Waals surface area contributed by atoms with Crippen molar-refractivity contribution in [2.24, 2.45) is 0 Å². The van der Waals surface area contributed by atoms with Gasteiger partial charge in [-0.05, 0) is 31.7 Å². The highest BCUT2D eigenvalue weighted by Gasteiger charge is 2.27. The van der Waals surface area contributed by atoms with Crippen molar-refractivity contribution >= 4 is 0 Å². The van der Waals surface area contributed by atoms with E-state index in [9.17, 15) is 18.3 Å². The van der Waals surface area contributed by atoms with Crippen LogP contribution in [-0.4, -0.2) is 17.4 Å². The van der Waals surface area contributed by atoms with Gasteiger partial charge in [-0.25, -0.2) is 0 Å². The van der Waals surface area contributed by atoms with Crippen LogP contribution in [0.5, 0.6) is 0 Å². The fourth-order valence-corrected chi connectivity index (χ4v) is 1.68. The zero-order chi connectivity index (χ0) is 12.9. The summed E-state index contributed by atoms with van der Waals surface area (Å²) in [5.74, 6) is 0. The van der Waals surface area contributed by atoms with Gasteiger partial charge in [0.2, 0.25) is 0 Å². The molecule has 0 fully saturated rings. The summed E-state index contributed by atoms with van der Waals surface area (Å²) in [6.45, 7) is 1.96. The maximum Gasteiger partial charge on any atom is 0.389 e. The Morgan fingerprint density at radius 3 is 2.53 bits per heavy atom. The number of rotatable bonds is 5. The molecule has 1 nitrogen and oxygen atoms in total. The fraction of sp³-hybridized carbons (Fsp3) is 0.538. The molecule has 0 spiro atoms. The second-order valence-electron chi connectivity index (χ2n) is 4.34. The molecule has 1 aromatic carbocycles. The van der Waals surface area contributed by atoms with Crippen molar-refractivity contribution in [3.05, 3.63) is 35.4 Å². The van der Waals surface area contributed by atoms with E-state index in [4.69, 9.17) is 0 Å². The van der Waals surface area contributed by atoms with Crippen LogP contribution in [0, 0.1) is 6.92 Å².